The number of ether oxygens (including phenoxy) is 1. The molecule has 0 atom stereocenters. The highest BCUT2D eigenvalue weighted by Gasteiger charge is 2.21. The van der Waals surface area contributed by atoms with Crippen LogP contribution in [-0.4, -0.2) is 7.11 Å². The van der Waals surface area contributed by atoms with Crippen molar-refractivity contribution in [3.63, 3.8) is 0 Å². The first-order chi connectivity index (χ1) is 13.6. The van der Waals surface area contributed by atoms with E-state index in [1.807, 2.05) is 78.9 Å². The van der Waals surface area contributed by atoms with E-state index in [4.69, 9.17) is 32.4 Å². The van der Waals surface area contributed by atoms with Gasteiger partial charge in [-0.15, -0.1) is 0 Å². The molecule has 0 N–H and O–H groups in total. The van der Waals surface area contributed by atoms with E-state index in [9.17, 15) is 0 Å². The summed E-state index contributed by atoms with van der Waals surface area (Å²) in [5.41, 5.74) is 3.96. The van der Waals surface area contributed by atoms with Crippen LogP contribution in [0.15, 0.2) is 89.3 Å². The van der Waals surface area contributed by atoms with Crippen molar-refractivity contribution in [2.24, 2.45) is 0 Å². The molecule has 138 valence electrons. The van der Waals surface area contributed by atoms with Crippen molar-refractivity contribution >= 4 is 23.2 Å². The Labute approximate surface area is 173 Å². The highest BCUT2D eigenvalue weighted by atomic mass is 35.5. The van der Waals surface area contributed by atoms with Crippen molar-refractivity contribution in [2.75, 3.05) is 7.11 Å². The Hall–Kier alpha value is -2.81. The summed E-state index contributed by atoms with van der Waals surface area (Å²) < 4.78 is 11.5. The summed E-state index contributed by atoms with van der Waals surface area (Å²) in [4.78, 5) is 0. The van der Waals surface area contributed by atoms with E-state index in [0.717, 1.165) is 33.8 Å². The van der Waals surface area contributed by atoms with Crippen molar-refractivity contribution in [1.82, 2.24) is 0 Å². The number of hydrogen-bond donors (Lipinski definition) is 0. The predicted octanol–water partition coefficient (Wildman–Crippen LogP) is 7.88. The van der Waals surface area contributed by atoms with Crippen molar-refractivity contribution in [2.45, 2.75) is 0 Å². The maximum atomic E-state index is 6.23. The zero-order valence-electron chi connectivity index (χ0n) is 15.2. The third-order valence-electron chi connectivity index (χ3n) is 4.48. The summed E-state index contributed by atoms with van der Waals surface area (Å²) in [7, 11) is 1.66. The first-order valence-corrected chi connectivity index (χ1v) is 9.53. The van der Waals surface area contributed by atoms with Crippen LogP contribution in [0.2, 0.25) is 10.0 Å². The van der Waals surface area contributed by atoms with Crippen LogP contribution in [0, 0.1) is 0 Å². The number of hydrogen-bond acceptors (Lipinski definition) is 1. The molecule has 4 aromatic rings. The van der Waals surface area contributed by atoms with Gasteiger partial charge in [0.1, 0.15) is 5.75 Å². The maximum Gasteiger partial charge on any atom is 0.361 e. The van der Waals surface area contributed by atoms with Gasteiger partial charge in [-0.05, 0) is 48.0 Å². The molecule has 28 heavy (non-hydrogen) atoms. The smallest absolute Gasteiger partial charge is 0.361 e. The Morgan fingerprint density at radius 3 is 1.89 bits per heavy atom. The summed E-state index contributed by atoms with van der Waals surface area (Å²) in [6.45, 7) is 0. The van der Waals surface area contributed by atoms with Crippen molar-refractivity contribution < 1.29 is 9.15 Å². The molecule has 0 fully saturated rings. The van der Waals surface area contributed by atoms with E-state index in [1.54, 1.807) is 13.2 Å². The Balaban J connectivity index is 1.88. The van der Waals surface area contributed by atoms with Gasteiger partial charge in [0.25, 0.3) is 0 Å². The normalized spacial score (nSPS) is 10.7. The zero-order chi connectivity index (χ0) is 19.5. The summed E-state index contributed by atoms with van der Waals surface area (Å²) in [6.07, 6.45) is 0. The van der Waals surface area contributed by atoms with Crippen LogP contribution < -0.4 is 4.74 Å². The molecule has 0 unspecified atom stereocenters. The number of methoxy groups -OCH3 is 1. The lowest BCUT2D eigenvalue weighted by molar-refractivity contribution is 0.415. The third-order valence-corrected chi connectivity index (χ3v) is 5.22. The molecule has 0 bridgehead atoms. The summed E-state index contributed by atoms with van der Waals surface area (Å²) in [6, 6.07) is 27.5. The van der Waals surface area contributed by atoms with Gasteiger partial charge in [0, 0.05) is 5.56 Å². The first kappa shape index (κ1) is 18.5. The van der Waals surface area contributed by atoms with Crippen molar-refractivity contribution in [3.8, 4) is 39.5 Å². The van der Waals surface area contributed by atoms with Crippen LogP contribution in [0.4, 0.5) is 0 Å². The lowest BCUT2D eigenvalue weighted by atomic mass is 10.0. The fourth-order valence-electron chi connectivity index (χ4n) is 2.99. The predicted molar refractivity (Wildman–Crippen MR) is 116 cm³/mol. The molecule has 0 aliphatic carbocycles. The molecule has 0 aliphatic heterocycles. The lowest BCUT2D eigenvalue weighted by Gasteiger charge is -2.04. The van der Waals surface area contributed by atoms with Crippen LogP contribution in [-0.2, 0) is 0 Å². The van der Waals surface area contributed by atoms with E-state index < -0.39 is 0 Å². The first-order valence-electron chi connectivity index (χ1n) is 8.77. The molecule has 0 amide bonds. The van der Waals surface area contributed by atoms with Crippen LogP contribution in [0.3, 0.4) is 0 Å². The van der Waals surface area contributed by atoms with Crippen LogP contribution in [0.5, 0.6) is 5.75 Å². The molecule has 0 saturated carbocycles. The highest BCUT2D eigenvalue weighted by Crippen LogP contribution is 2.35. The van der Waals surface area contributed by atoms with Crippen molar-refractivity contribution in [1.29, 1.82) is 0 Å². The molecule has 0 spiro atoms. The number of rotatable bonds is 4. The monoisotopic (exact) mass is 407 g/mol. The summed E-state index contributed by atoms with van der Waals surface area (Å²) >= 11 is 12.3. The van der Waals surface area contributed by atoms with Gasteiger partial charge in [-0.3, -0.25) is 0 Å². The topological polar surface area (TPSA) is 20.5 Å². The second kappa shape index (κ2) is 8.05. The quantitative estimate of drug-likeness (QED) is 0.320. The molecule has 4 rings (SSSR count). The van der Waals surface area contributed by atoms with Gasteiger partial charge in [0.05, 0.1) is 40.4 Å². The molecule has 1 aromatic heterocycles. The molecule has 1 heterocycles. The number of benzene rings is 3. The Morgan fingerprint density at radius 2 is 1.25 bits per heavy atom. The summed E-state index contributed by atoms with van der Waals surface area (Å²) in [5.74, 6) is 2.30. The standard InChI is InChI=1S/C24H17Cl2O2/c1-27-20-10-7-16(8-11-20)19-14-23(17-5-3-2-4-6-17)28-24(15-19)18-9-12-21(25)22(26)13-18/h2-15H,1H3/q+1. The Morgan fingerprint density at radius 1 is 0.607 bits per heavy atom. The van der Waals surface area contributed by atoms with E-state index >= 15 is 0 Å². The molecule has 3 aromatic carbocycles. The van der Waals surface area contributed by atoms with Crippen LogP contribution in [0.25, 0.3) is 33.8 Å². The molecule has 0 radical (unpaired) electrons. The second-order valence-electron chi connectivity index (χ2n) is 6.30. The minimum absolute atomic E-state index is 0.491. The van der Waals surface area contributed by atoms with Crippen LogP contribution in [0.1, 0.15) is 0 Å². The minimum Gasteiger partial charge on any atom is -0.497 e. The molecule has 4 heteroatoms. The van der Waals surface area contributed by atoms with Gasteiger partial charge in [-0.1, -0.05) is 53.5 Å². The second-order valence-corrected chi connectivity index (χ2v) is 7.11. The fraction of sp³-hybridized carbons (Fsp3) is 0.0417. The fourth-order valence-corrected chi connectivity index (χ4v) is 3.29. The maximum absolute atomic E-state index is 6.23. The average molecular weight is 408 g/mol. The molecular formula is C24H17Cl2O2+. The van der Waals surface area contributed by atoms with Gasteiger partial charge >= 0.3 is 11.5 Å². The average Bonchev–Trinajstić information content (AvgIpc) is 2.76. The lowest BCUT2D eigenvalue weighted by Crippen LogP contribution is -1.87. The molecular weight excluding hydrogens is 391 g/mol. The van der Waals surface area contributed by atoms with Crippen LogP contribution >= 0.6 is 23.2 Å². The van der Waals surface area contributed by atoms with Gasteiger partial charge in [-0.25, -0.2) is 4.42 Å². The molecule has 0 saturated heterocycles. The van der Waals surface area contributed by atoms with E-state index in [2.05, 4.69) is 0 Å². The molecule has 0 aliphatic rings. The third kappa shape index (κ3) is 3.89. The zero-order valence-corrected chi connectivity index (χ0v) is 16.7. The van der Waals surface area contributed by atoms with Gasteiger partial charge in [0.2, 0.25) is 0 Å². The highest BCUT2D eigenvalue weighted by molar-refractivity contribution is 6.42. The SMILES string of the molecule is COc1ccc(-c2cc(-c3ccccc3)[o+]c(-c3ccc(Cl)c(Cl)c3)c2)cc1. The van der Waals surface area contributed by atoms with Gasteiger partial charge < -0.3 is 4.74 Å². The number of halogens is 2. The van der Waals surface area contributed by atoms with Gasteiger partial charge in [-0.2, -0.15) is 0 Å². The largest absolute Gasteiger partial charge is 0.497 e. The van der Waals surface area contributed by atoms with E-state index in [0.29, 0.717) is 15.8 Å². The van der Waals surface area contributed by atoms with Crippen molar-refractivity contribution in [3.05, 3.63) is 95.0 Å². The van der Waals surface area contributed by atoms with Gasteiger partial charge in [0.15, 0.2) is 0 Å². The molecule has 2 nitrogen and oxygen atoms in total. The van der Waals surface area contributed by atoms with E-state index in [1.165, 1.54) is 0 Å². The van der Waals surface area contributed by atoms with E-state index in [-0.39, 0.29) is 0 Å². The summed E-state index contributed by atoms with van der Waals surface area (Å²) in [5, 5.41) is 1.01. The Bertz CT molecular complexity index is 1110. The minimum atomic E-state index is 0.491. The Kier molecular flexibility index (Phi) is 5.34.